The first-order chi connectivity index (χ1) is 12.6. The first kappa shape index (κ1) is 21.9. The number of hydrogen-bond acceptors (Lipinski definition) is 4. The van der Waals surface area contributed by atoms with E-state index >= 15 is 0 Å². The number of nitrogens with zero attached hydrogens (tertiary/aromatic N) is 4. The highest BCUT2D eigenvalue weighted by molar-refractivity contribution is 5.87. The van der Waals surface area contributed by atoms with Crippen molar-refractivity contribution in [3.63, 3.8) is 0 Å². The number of amides is 1. The number of nitrogens with two attached hydrogens (primary N) is 1. The van der Waals surface area contributed by atoms with Crippen LogP contribution in [0.2, 0.25) is 0 Å². The van der Waals surface area contributed by atoms with Crippen molar-refractivity contribution in [1.29, 1.82) is 0 Å². The van der Waals surface area contributed by atoms with Crippen LogP contribution >= 0.6 is 24.8 Å². The van der Waals surface area contributed by atoms with Gasteiger partial charge in [0.25, 0.3) is 0 Å². The molecule has 1 aromatic heterocycles. The molecule has 0 fully saturated rings. The molecule has 2 aromatic carbocycles. The van der Waals surface area contributed by atoms with Gasteiger partial charge in [-0.15, -0.1) is 35.0 Å². The number of rotatable bonds is 3. The van der Waals surface area contributed by atoms with Crippen LogP contribution in [-0.2, 0) is 23.4 Å². The first-order valence-electron chi connectivity index (χ1n) is 8.68. The molecule has 6 nitrogen and oxygen atoms in total. The van der Waals surface area contributed by atoms with E-state index in [0.29, 0.717) is 19.6 Å². The molecular weight excluding hydrogens is 397 g/mol. The Morgan fingerprint density at radius 2 is 1.57 bits per heavy atom. The molecule has 1 aliphatic heterocycles. The van der Waals surface area contributed by atoms with Crippen molar-refractivity contribution in [1.82, 2.24) is 19.7 Å². The SMILES string of the molecule is CC(N)(C(=O)N1CCn2c(nnc2-c2ccccc2)C1)c1ccccc1.Cl.Cl. The van der Waals surface area contributed by atoms with E-state index in [1.807, 2.05) is 60.7 Å². The second-order valence-electron chi connectivity index (χ2n) is 6.75. The van der Waals surface area contributed by atoms with E-state index in [2.05, 4.69) is 14.8 Å². The quantitative estimate of drug-likeness (QED) is 0.707. The molecule has 0 saturated heterocycles. The van der Waals surface area contributed by atoms with Gasteiger partial charge >= 0.3 is 0 Å². The van der Waals surface area contributed by atoms with Gasteiger partial charge in [-0.1, -0.05) is 60.7 Å². The molecule has 0 spiro atoms. The molecule has 148 valence electrons. The monoisotopic (exact) mass is 419 g/mol. The van der Waals surface area contributed by atoms with E-state index in [-0.39, 0.29) is 30.7 Å². The number of halogens is 2. The Labute approximate surface area is 176 Å². The average Bonchev–Trinajstić information content (AvgIpc) is 3.12. The van der Waals surface area contributed by atoms with Crippen LogP contribution in [0.3, 0.4) is 0 Å². The average molecular weight is 420 g/mol. The van der Waals surface area contributed by atoms with Crippen molar-refractivity contribution < 1.29 is 4.79 Å². The van der Waals surface area contributed by atoms with Gasteiger partial charge in [-0.3, -0.25) is 4.79 Å². The van der Waals surface area contributed by atoms with Gasteiger partial charge in [0.1, 0.15) is 5.54 Å². The summed E-state index contributed by atoms with van der Waals surface area (Å²) in [5, 5.41) is 8.62. The maximum atomic E-state index is 13.1. The standard InChI is InChI=1S/C20H21N5O.2ClH/c1-20(21,16-10-6-3-7-11-16)19(26)24-12-13-25-17(14-24)22-23-18(25)15-8-4-2-5-9-15;;/h2-11H,12-14,21H2,1H3;2*1H. The van der Waals surface area contributed by atoms with E-state index in [9.17, 15) is 4.79 Å². The lowest BCUT2D eigenvalue weighted by molar-refractivity contribution is -0.138. The lowest BCUT2D eigenvalue weighted by Crippen LogP contribution is -2.52. The highest BCUT2D eigenvalue weighted by Gasteiger charge is 2.36. The highest BCUT2D eigenvalue weighted by Crippen LogP contribution is 2.25. The van der Waals surface area contributed by atoms with Gasteiger partial charge in [-0.25, -0.2) is 0 Å². The van der Waals surface area contributed by atoms with Crippen LogP contribution in [-0.4, -0.2) is 32.1 Å². The Balaban J connectivity index is 0.00000140. The Morgan fingerprint density at radius 1 is 0.964 bits per heavy atom. The zero-order valence-corrected chi connectivity index (χ0v) is 17.1. The van der Waals surface area contributed by atoms with Crippen molar-refractivity contribution in [3.05, 3.63) is 72.1 Å². The minimum Gasteiger partial charge on any atom is -0.331 e. The van der Waals surface area contributed by atoms with Gasteiger partial charge < -0.3 is 15.2 Å². The largest absolute Gasteiger partial charge is 0.331 e. The summed E-state index contributed by atoms with van der Waals surface area (Å²) in [6, 6.07) is 19.4. The zero-order chi connectivity index (χ0) is 18.1. The maximum Gasteiger partial charge on any atom is 0.247 e. The van der Waals surface area contributed by atoms with E-state index in [4.69, 9.17) is 5.73 Å². The number of fused-ring (bicyclic) bond motifs is 1. The van der Waals surface area contributed by atoms with Crippen molar-refractivity contribution in [2.75, 3.05) is 6.54 Å². The Hall–Kier alpha value is -2.41. The fraction of sp³-hybridized carbons (Fsp3) is 0.250. The molecule has 1 atom stereocenters. The fourth-order valence-electron chi connectivity index (χ4n) is 3.37. The molecule has 3 aromatic rings. The molecule has 0 saturated carbocycles. The molecule has 1 aliphatic rings. The molecule has 1 amide bonds. The van der Waals surface area contributed by atoms with E-state index < -0.39 is 5.54 Å². The fourth-order valence-corrected chi connectivity index (χ4v) is 3.37. The summed E-state index contributed by atoms with van der Waals surface area (Å²) in [4.78, 5) is 14.8. The summed E-state index contributed by atoms with van der Waals surface area (Å²) in [7, 11) is 0. The summed E-state index contributed by atoms with van der Waals surface area (Å²) in [6.07, 6.45) is 0. The summed E-state index contributed by atoms with van der Waals surface area (Å²) in [6.45, 7) is 3.42. The number of aromatic nitrogens is 3. The maximum absolute atomic E-state index is 13.1. The highest BCUT2D eigenvalue weighted by atomic mass is 35.5. The van der Waals surface area contributed by atoms with Crippen LogP contribution in [0.1, 0.15) is 18.3 Å². The molecule has 2 N–H and O–H groups in total. The predicted octanol–water partition coefficient (Wildman–Crippen LogP) is 3.01. The van der Waals surface area contributed by atoms with Gasteiger partial charge in [-0.2, -0.15) is 0 Å². The second-order valence-corrected chi connectivity index (χ2v) is 6.75. The summed E-state index contributed by atoms with van der Waals surface area (Å²) in [5.74, 6) is 1.53. The van der Waals surface area contributed by atoms with Gasteiger partial charge in [0.05, 0.1) is 6.54 Å². The molecule has 1 unspecified atom stereocenters. The lowest BCUT2D eigenvalue weighted by Gasteiger charge is -2.34. The summed E-state index contributed by atoms with van der Waals surface area (Å²) in [5.41, 5.74) is 7.17. The minimum atomic E-state index is -1.06. The van der Waals surface area contributed by atoms with Gasteiger partial charge in [0.15, 0.2) is 11.6 Å². The third-order valence-corrected chi connectivity index (χ3v) is 4.89. The van der Waals surface area contributed by atoms with E-state index in [1.165, 1.54) is 0 Å². The van der Waals surface area contributed by atoms with Crippen LogP contribution in [0.15, 0.2) is 60.7 Å². The molecule has 0 bridgehead atoms. The summed E-state index contributed by atoms with van der Waals surface area (Å²) < 4.78 is 2.08. The van der Waals surface area contributed by atoms with Crippen LogP contribution in [0.4, 0.5) is 0 Å². The molecule has 2 heterocycles. The number of carbonyl (C=O) groups is 1. The first-order valence-corrected chi connectivity index (χ1v) is 8.68. The van der Waals surface area contributed by atoms with Crippen LogP contribution in [0.25, 0.3) is 11.4 Å². The number of hydrogen-bond donors (Lipinski definition) is 1. The van der Waals surface area contributed by atoms with Crippen molar-refractivity contribution in [2.45, 2.75) is 25.6 Å². The lowest BCUT2D eigenvalue weighted by atomic mass is 9.91. The van der Waals surface area contributed by atoms with Gasteiger partial charge in [0, 0.05) is 18.7 Å². The predicted molar refractivity (Wildman–Crippen MR) is 113 cm³/mol. The zero-order valence-electron chi connectivity index (χ0n) is 15.5. The smallest absolute Gasteiger partial charge is 0.247 e. The Morgan fingerprint density at radius 3 is 2.21 bits per heavy atom. The van der Waals surface area contributed by atoms with Crippen molar-refractivity contribution in [3.8, 4) is 11.4 Å². The van der Waals surface area contributed by atoms with Gasteiger partial charge in [-0.05, 0) is 12.5 Å². The second kappa shape index (κ2) is 8.73. The summed E-state index contributed by atoms with van der Waals surface area (Å²) >= 11 is 0. The third-order valence-electron chi connectivity index (χ3n) is 4.89. The molecule has 4 rings (SSSR count). The number of carbonyl (C=O) groups excluding carboxylic acids is 1. The van der Waals surface area contributed by atoms with E-state index in [0.717, 1.165) is 22.8 Å². The minimum absolute atomic E-state index is 0. The normalized spacial score (nSPS) is 14.9. The number of benzene rings is 2. The van der Waals surface area contributed by atoms with Crippen molar-refractivity contribution >= 4 is 30.7 Å². The molecular formula is C20H23Cl2N5O. The molecule has 0 radical (unpaired) electrons. The van der Waals surface area contributed by atoms with Crippen molar-refractivity contribution in [2.24, 2.45) is 5.73 Å². The van der Waals surface area contributed by atoms with Gasteiger partial charge in [0.2, 0.25) is 5.91 Å². The Kier molecular flexibility index (Phi) is 6.82. The Bertz CT molecular complexity index is 928. The van der Waals surface area contributed by atoms with E-state index in [1.54, 1.807) is 11.8 Å². The van der Waals surface area contributed by atoms with Crippen LogP contribution < -0.4 is 5.73 Å². The third kappa shape index (κ3) is 3.90. The molecule has 28 heavy (non-hydrogen) atoms. The van der Waals surface area contributed by atoms with Crippen LogP contribution in [0.5, 0.6) is 0 Å². The molecule has 8 heteroatoms. The van der Waals surface area contributed by atoms with Crippen LogP contribution in [0, 0.1) is 0 Å². The topological polar surface area (TPSA) is 77.0 Å². The molecule has 0 aliphatic carbocycles.